The van der Waals surface area contributed by atoms with Crippen LogP contribution in [0.2, 0.25) is 0 Å². The maximum Gasteiger partial charge on any atom is 0.185 e. The van der Waals surface area contributed by atoms with Crippen molar-refractivity contribution in [3.63, 3.8) is 0 Å². The van der Waals surface area contributed by atoms with Gasteiger partial charge in [-0.15, -0.1) is 15.3 Å². The Morgan fingerprint density at radius 1 is 1.24 bits per heavy atom. The zero-order valence-electron chi connectivity index (χ0n) is 9.59. The Balaban J connectivity index is 2.29. The summed E-state index contributed by atoms with van der Waals surface area (Å²) in [6.45, 7) is 3.04. The number of benzene rings is 1. The lowest BCUT2D eigenvalue weighted by Gasteiger charge is -2.08. The molecule has 5 heteroatoms. The van der Waals surface area contributed by atoms with Gasteiger partial charge in [-0.05, 0) is 6.42 Å². The highest BCUT2D eigenvalue weighted by atomic mass is 15.4. The monoisotopic (exact) mass is 227 g/mol. The van der Waals surface area contributed by atoms with Crippen LogP contribution in [0.25, 0.3) is 16.4 Å². The Bertz CT molecular complexity index is 658. The molecule has 0 unspecified atom stereocenters. The number of hydrogen-bond acceptors (Lipinski definition) is 4. The van der Waals surface area contributed by atoms with E-state index in [0.29, 0.717) is 0 Å². The summed E-state index contributed by atoms with van der Waals surface area (Å²) in [6, 6.07) is 8.10. The molecule has 0 atom stereocenters. The van der Waals surface area contributed by atoms with Crippen molar-refractivity contribution in [1.82, 2.24) is 19.8 Å². The zero-order valence-corrected chi connectivity index (χ0v) is 9.59. The third kappa shape index (κ3) is 1.60. The van der Waals surface area contributed by atoms with Crippen LogP contribution < -0.4 is 5.32 Å². The number of nitrogens with one attached hydrogen (secondary N) is 1. The summed E-state index contributed by atoms with van der Waals surface area (Å²) in [5, 5.41) is 18.0. The van der Waals surface area contributed by atoms with Crippen molar-refractivity contribution in [1.29, 1.82) is 0 Å². The van der Waals surface area contributed by atoms with Gasteiger partial charge in [-0.1, -0.05) is 31.2 Å². The molecule has 0 amide bonds. The van der Waals surface area contributed by atoms with Gasteiger partial charge in [0.15, 0.2) is 11.5 Å². The smallest absolute Gasteiger partial charge is 0.185 e. The van der Waals surface area contributed by atoms with Crippen LogP contribution in [0.5, 0.6) is 0 Å². The fourth-order valence-corrected chi connectivity index (χ4v) is 1.90. The molecule has 1 aromatic carbocycles. The first-order valence-electron chi connectivity index (χ1n) is 5.73. The molecule has 5 nitrogen and oxygen atoms in total. The summed E-state index contributed by atoms with van der Waals surface area (Å²) in [5.41, 5.74) is 0.794. The number of anilines is 1. The van der Waals surface area contributed by atoms with Crippen molar-refractivity contribution in [2.24, 2.45) is 0 Å². The standard InChI is InChI=1S/C12H13N5/c1-2-7-13-11-9-5-3-4-6-10(9)12-15-14-8-17(12)16-11/h3-6,8H,2,7H2,1H3,(H,13,16). The third-order valence-electron chi connectivity index (χ3n) is 2.70. The highest BCUT2D eigenvalue weighted by Crippen LogP contribution is 2.23. The molecular weight excluding hydrogens is 214 g/mol. The second kappa shape index (κ2) is 4.01. The van der Waals surface area contributed by atoms with Crippen LogP contribution in [0.4, 0.5) is 5.82 Å². The molecule has 86 valence electrons. The van der Waals surface area contributed by atoms with Gasteiger partial charge in [0.25, 0.3) is 0 Å². The lowest BCUT2D eigenvalue weighted by molar-refractivity contribution is 0.909. The Kier molecular flexibility index (Phi) is 2.36. The van der Waals surface area contributed by atoms with Crippen LogP contribution in [0.3, 0.4) is 0 Å². The first kappa shape index (κ1) is 10.0. The molecule has 0 aliphatic carbocycles. The van der Waals surface area contributed by atoms with E-state index in [1.54, 1.807) is 10.8 Å². The Morgan fingerprint density at radius 3 is 2.88 bits per heavy atom. The van der Waals surface area contributed by atoms with Gasteiger partial charge in [-0.2, -0.15) is 4.52 Å². The summed E-state index contributed by atoms with van der Waals surface area (Å²) in [6.07, 6.45) is 2.69. The first-order valence-corrected chi connectivity index (χ1v) is 5.73. The molecule has 0 spiro atoms. The van der Waals surface area contributed by atoms with Crippen LogP contribution in [0.15, 0.2) is 30.6 Å². The van der Waals surface area contributed by atoms with E-state index in [4.69, 9.17) is 0 Å². The van der Waals surface area contributed by atoms with Gasteiger partial charge in [-0.25, -0.2) is 0 Å². The predicted octanol–water partition coefficient (Wildman–Crippen LogP) is 2.10. The Labute approximate surface area is 98.5 Å². The van der Waals surface area contributed by atoms with E-state index in [1.165, 1.54) is 0 Å². The number of hydrogen-bond donors (Lipinski definition) is 1. The average Bonchev–Trinajstić information content (AvgIpc) is 2.84. The molecule has 1 N–H and O–H groups in total. The molecule has 0 saturated carbocycles. The zero-order chi connectivity index (χ0) is 11.7. The normalized spacial score (nSPS) is 11.1. The van der Waals surface area contributed by atoms with Gasteiger partial charge in [0.2, 0.25) is 0 Å². The molecular formula is C12H13N5. The minimum Gasteiger partial charge on any atom is -0.368 e. The highest BCUT2D eigenvalue weighted by Gasteiger charge is 2.08. The maximum atomic E-state index is 4.48. The molecule has 0 fully saturated rings. The molecule has 3 aromatic rings. The number of aromatic nitrogens is 4. The van der Waals surface area contributed by atoms with E-state index in [-0.39, 0.29) is 0 Å². The van der Waals surface area contributed by atoms with Crippen LogP contribution >= 0.6 is 0 Å². The average molecular weight is 227 g/mol. The van der Waals surface area contributed by atoms with Gasteiger partial charge in [-0.3, -0.25) is 0 Å². The maximum absolute atomic E-state index is 4.48. The number of rotatable bonds is 3. The lowest BCUT2D eigenvalue weighted by Crippen LogP contribution is -2.05. The van der Waals surface area contributed by atoms with Gasteiger partial charge in [0.05, 0.1) is 0 Å². The second-order valence-electron chi connectivity index (χ2n) is 3.92. The summed E-state index contributed by atoms with van der Waals surface area (Å²) < 4.78 is 1.71. The minimum absolute atomic E-state index is 0.794. The number of fused-ring (bicyclic) bond motifs is 3. The Morgan fingerprint density at radius 2 is 2.06 bits per heavy atom. The van der Waals surface area contributed by atoms with E-state index in [1.807, 2.05) is 18.2 Å². The molecule has 0 radical (unpaired) electrons. The van der Waals surface area contributed by atoms with Crippen LogP contribution in [-0.2, 0) is 0 Å². The SMILES string of the molecule is CCCNc1nn2cnnc2c2ccccc12. The van der Waals surface area contributed by atoms with Gasteiger partial charge in [0, 0.05) is 17.3 Å². The van der Waals surface area contributed by atoms with E-state index >= 15 is 0 Å². The quantitative estimate of drug-likeness (QED) is 0.744. The van der Waals surface area contributed by atoms with Crippen LogP contribution in [0, 0.1) is 0 Å². The Hall–Kier alpha value is -2.17. The van der Waals surface area contributed by atoms with Crippen molar-refractivity contribution >= 4 is 22.2 Å². The van der Waals surface area contributed by atoms with Crippen LogP contribution in [-0.4, -0.2) is 26.4 Å². The predicted molar refractivity (Wildman–Crippen MR) is 67.1 cm³/mol. The molecule has 0 saturated heterocycles. The van der Waals surface area contributed by atoms with E-state index < -0.39 is 0 Å². The molecule has 0 bridgehead atoms. The van der Waals surface area contributed by atoms with Crippen molar-refractivity contribution in [2.45, 2.75) is 13.3 Å². The highest BCUT2D eigenvalue weighted by molar-refractivity contribution is 5.99. The molecule has 3 rings (SSSR count). The molecule has 0 aliphatic heterocycles. The molecule has 0 aliphatic rings. The lowest BCUT2D eigenvalue weighted by atomic mass is 10.2. The van der Waals surface area contributed by atoms with Crippen LogP contribution in [0.1, 0.15) is 13.3 Å². The fourth-order valence-electron chi connectivity index (χ4n) is 1.90. The topological polar surface area (TPSA) is 55.1 Å². The third-order valence-corrected chi connectivity index (χ3v) is 2.70. The van der Waals surface area contributed by atoms with E-state index in [0.717, 1.165) is 35.2 Å². The van der Waals surface area contributed by atoms with Crippen molar-refractivity contribution in [3.05, 3.63) is 30.6 Å². The van der Waals surface area contributed by atoms with Gasteiger partial charge < -0.3 is 5.32 Å². The first-order chi connectivity index (χ1) is 8.40. The minimum atomic E-state index is 0.794. The van der Waals surface area contributed by atoms with E-state index in [9.17, 15) is 0 Å². The van der Waals surface area contributed by atoms with Crippen molar-refractivity contribution in [2.75, 3.05) is 11.9 Å². The summed E-state index contributed by atoms with van der Waals surface area (Å²) >= 11 is 0. The molecule has 2 heterocycles. The largest absolute Gasteiger partial charge is 0.368 e. The summed E-state index contributed by atoms with van der Waals surface area (Å²) in [7, 11) is 0. The molecule has 2 aromatic heterocycles. The summed E-state index contributed by atoms with van der Waals surface area (Å²) in [4.78, 5) is 0. The van der Waals surface area contributed by atoms with Gasteiger partial charge in [0.1, 0.15) is 6.33 Å². The second-order valence-corrected chi connectivity index (χ2v) is 3.92. The van der Waals surface area contributed by atoms with Crippen molar-refractivity contribution < 1.29 is 0 Å². The van der Waals surface area contributed by atoms with Gasteiger partial charge >= 0.3 is 0 Å². The molecule has 17 heavy (non-hydrogen) atoms. The number of nitrogens with zero attached hydrogens (tertiary/aromatic N) is 4. The summed E-state index contributed by atoms with van der Waals surface area (Å²) in [5.74, 6) is 0.884. The van der Waals surface area contributed by atoms with E-state index in [2.05, 4.69) is 33.6 Å². The van der Waals surface area contributed by atoms with Crippen molar-refractivity contribution in [3.8, 4) is 0 Å². The fraction of sp³-hybridized carbons (Fsp3) is 0.250.